The summed E-state index contributed by atoms with van der Waals surface area (Å²) >= 11 is 0. The number of amides is 1. The Labute approximate surface area is 90.7 Å². The van der Waals surface area contributed by atoms with Gasteiger partial charge in [0.25, 0.3) is 0 Å². The van der Waals surface area contributed by atoms with E-state index in [1.165, 1.54) is 0 Å². The summed E-state index contributed by atoms with van der Waals surface area (Å²) in [6, 6.07) is 0.211. The number of carbonyl (C=O) groups excluding carboxylic acids is 1. The van der Waals surface area contributed by atoms with Crippen molar-refractivity contribution in [3.8, 4) is 0 Å². The van der Waals surface area contributed by atoms with E-state index in [9.17, 15) is 4.79 Å². The van der Waals surface area contributed by atoms with Crippen molar-refractivity contribution < 1.29 is 4.79 Å². The molecule has 0 aliphatic carbocycles. The number of hydrogen-bond acceptors (Lipinski definition) is 2. The standard InChI is InChI=1S/C11H19N3O/c1-8(2)13-11(15)5-6-14-7-12-9(3)10(14)4/h7-8H,5-6H2,1-4H3,(H,13,15). The molecule has 1 rings (SSSR count). The molecule has 0 bridgehead atoms. The largest absolute Gasteiger partial charge is 0.354 e. The first-order valence-corrected chi connectivity index (χ1v) is 5.28. The first-order chi connectivity index (χ1) is 7.00. The molecule has 0 radical (unpaired) electrons. The van der Waals surface area contributed by atoms with Crippen LogP contribution in [0.25, 0.3) is 0 Å². The van der Waals surface area contributed by atoms with Crippen LogP contribution in [0.15, 0.2) is 6.33 Å². The van der Waals surface area contributed by atoms with E-state index in [-0.39, 0.29) is 11.9 Å². The zero-order chi connectivity index (χ0) is 11.4. The van der Waals surface area contributed by atoms with Gasteiger partial charge in [-0.2, -0.15) is 0 Å². The molecule has 0 aliphatic rings. The first kappa shape index (κ1) is 11.8. The third kappa shape index (κ3) is 3.38. The smallest absolute Gasteiger partial charge is 0.221 e. The van der Waals surface area contributed by atoms with Crippen LogP contribution in [0.2, 0.25) is 0 Å². The Bertz CT molecular complexity index is 342. The van der Waals surface area contributed by atoms with Crippen molar-refractivity contribution in [2.24, 2.45) is 0 Å². The fraction of sp³-hybridized carbons (Fsp3) is 0.636. The minimum absolute atomic E-state index is 0.0933. The zero-order valence-corrected chi connectivity index (χ0v) is 9.87. The fourth-order valence-corrected chi connectivity index (χ4v) is 1.39. The van der Waals surface area contributed by atoms with E-state index < -0.39 is 0 Å². The summed E-state index contributed by atoms with van der Waals surface area (Å²) in [5.41, 5.74) is 2.16. The van der Waals surface area contributed by atoms with Crippen LogP contribution < -0.4 is 5.32 Å². The molecule has 0 fully saturated rings. The lowest BCUT2D eigenvalue weighted by molar-refractivity contribution is -0.121. The summed E-state index contributed by atoms with van der Waals surface area (Å²) in [7, 11) is 0. The highest BCUT2D eigenvalue weighted by molar-refractivity contribution is 5.76. The van der Waals surface area contributed by atoms with Gasteiger partial charge in [-0.05, 0) is 27.7 Å². The Balaban J connectivity index is 2.44. The normalized spacial score (nSPS) is 10.7. The van der Waals surface area contributed by atoms with E-state index in [1.54, 1.807) is 6.33 Å². The van der Waals surface area contributed by atoms with Gasteiger partial charge in [0.2, 0.25) is 5.91 Å². The predicted molar refractivity (Wildman–Crippen MR) is 59.6 cm³/mol. The highest BCUT2D eigenvalue weighted by Crippen LogP contribution is 2.04. The van der Waals surface area contributed by atoms with Crippen LogP contribution in [-0.2, 0) is 11.3 Å². The molecular weight excluding hydrogens is 190 g/mol. The molecule has 0 aromatic carbocycles. The summed E-state index contributed by atoms with van der Waals surface area (Å²) in [4.78, 5) is 15.6. The summed E-state index contributed by atoms with van der Waals surface area (Å²) in [5.74, 6) is 0.0933. The van der Waals surface area contributed by atoms with E-state index >= 15 is 0 Å². The van der Waals surface area contributed by atoms with Crippen LogP contribution in [0.5, 0.6) is 0 Å². The van der Waals surface area contributed by atoms with Gasteiger partial charge >= 0.3 is 0 Å². The SMILES string of the molecule is Cc1ncn(CCC(=O)NC(C)C)c1C. The highest BCUT2D eigenvalue weighted by Gasteiger charge is 2.06. The van der Waals surface area contributed by atoms with Gasteiger partial charge in [-0.25, -0.2) is 4.98 Å². The molecule has 0 spiro atoms. The van der Waals surface area contributed by atoms with E-state index in [2.05, 4.69) is 10.3 Å². The first-order valence-electron chi connectivity index (χ1n) is 5.28. The minimum atomic E-state index is 0.0933. The molecule has 1 amide bonds. The topological polar surface area (TPSA) is 46.9 Å². The molecule has 4 nitrogen and oxygen atoms in total. The Kier molecular flexibility index (Phi) is 3.88. The van der Waals surface area contributed by atoms with Crippen LogP contribution >= 0.6 is 0 Å². The van der Waals surface area contributed by atoms with Crippen molar-refractivity contribution in [2.45, 2.75) is 46.7 Å². The van der Waals surface area contributed by atoms with Crippen LogP contribution in [0.4, 0.5) is 0 Å². The maximum atomic E-state index is 11.4. The Hall–Kier alpha value is -1.32. The molecule has 0 atom stereocenters. The molecule has 1 heterocycles. The van der Waals surface area contributed by atoms with Crippen LogP contribution in [0, 0.1) is 13.8 Å². The summed E-state index contributed by atoms with van der Waals surface area (Å²) < 4.78 is 2.01. The van der Waals surface area contributed by atoms with Crippen molar-refractivity contribution in [1.82, 2.24) is 14.9 Å². The second-order valence-electron chi connectivity index (χ2n) is 4.08. The van der Waals surface area contributed by atoms with Gasteiger partial charge in [-0.1, -0.05) is 0 Å². The number of nitrogens with one attached hydrogen (secondary N) is 1. The van der Waals surface area contributed by atoms with Gasteiger partial charge in [0.05, 0.1) is 12.0 Å². The maximum Gasteiger partial charge on any atom is 0.221 e. The second-order valence-corrected chi connectivity index (χ2v) is 4.08. The quantitative estimate of drug-likeness (QED) is 0.815. The van der Waals surface area contributed by atoms with E-state index in [4.69, 9.17) is 0 Å². The fourth-order valence-electron chi connectivity index (χ4n) is 1.39. The van der Waals surface area contributed by atoms with Crippen molar-refractivity contribution in [1.29, 1.82) is 0 Å². The lowest BCUT2D eigenvalue weighted by Crippen LogP contribution is -2.30. The lowest BCUT2D eigenvalue weighted by atomic mass is 10.3. The number of aryl methyl sites for hydroxylation is 2. The monoisotopic (exact) mass is 209 g/mol. The van der Waals surface area contributed by atoms with Crippen molar-refractivity contribution in [3.63, 3.8) is 0 Å². The third-order valence-corrected chi connectivity index (χ3v) is 2.37. The minimum Gasteiger partial charge on any atom is -0.354 e. The molecule has 0 aliphatic heterocycles. The van der Waals surface area contributed by atoms with E-state index in [0.29, 0.717) is 13.0 Å². The third-order valence-electron chi connectivity index (χ3n) is 2.37. The number of hydrogen-bond donors (Lipinski definition) is 1. The maximum absolute atomic E-state index is 11.4. The molecular formula is C11H19N3O. The lowest BCUT2D eigenvalue weighted by Gasteiger charge is -2.09. The molecule has 1 aromatic heterocycles. The number of nitrogens with zero attached hydrogens (tertiary/aromatic N) is 2. The van der Waals surface area contributed by atoms with Crippen molar-refractivity contribution in [2.75, 3.05) is 0 Å². The molecule has 84 valence electrons. The van der Waals surface area contributed by atoms with Crippen molar-refractivity contribution in [3.05, 3.63) is 17.7 Å². The second kappa shape index (κ2) is 4.96. The molecule has 15 heavy (non-hydrogen) atoms. The number of imidazole rings is 1. The Morgan fingerprint density at radius 3 is 2.67 bits per heavy atom. The zero-order valence-electron chi connectivity index (χ0n) is 9.87. The predicted octanol–water partition coefficient (Wildman–Crippen LogP) is 1.41. The molecule has 4 heteroatoms. The summed E-state index contributed by atoms with van der Waals surface area (Å²) in [5, 5.41) is 2.87. The molecule has 0 unspecified atom stereocenters. The number of rotatable bonds is 4. The Morgan fingerprint density at radius 2 is 2.20 bits per heavy atom. The molecule has 0 saturated carbocycles. The number of carbonyl (C=O) groups is 1. The van der Waals surface area contributed by atoms with Crippen LogP contribution in [0.1, 0.15) is 31.7 Å². The average molecular weight is 209 g/mol. The van der Waals surface area contributed by atoms with Crippen LogP contribution in [0.3, 0.4) is 0 Å². The van der Waals surface area contributed by atoms with Crippen molar-refractivity contribution >= 4 is 5.91 Å². The summed E-state index contributed by atoms with van der Waals surface area (Å²) in [6.45, 7) is 8.61. The van der Waals surface area contributed by atoms with E-state index in [1.807, 2.05) is 32.3 Å². The molecule has 1 aromatic rings. The van der Waals surface area contributed by atoms with Gasteiger partial charge in [0, 0.05) is 24.7 Å². The Morgan fingerprint density at radius 1 is 1.53 bits per heavy atom. The van der Waals surface area contributed by atoms with Gasteiger partial charge in [-0.15, -0.1) is 0 Å². The van der Waals surface area contributed by atoms with Gasteiger partial charge in [-0.3, -0.25) is 4.79 Å². The van der Waals surface area contributed by atoms with Crippen LogP contribution in [-0.4, -0.2) is 21.5 Å². The van der Waals surface area contributed by atoms with E-state index in [0.717, 1.165) is 11.4 Å². The highest BCUT2D eigenvalue weighted by atomic mass is 16.1. The van der Waals surface area contributed by atoms with Gasteiger partial charge in [0.15, 0.2) is 0 Å². The average Bonchev–Trinajstić information content (AvgIpc) is 2.44. The van der Waals surface area contributed by atoms with Gasteiger partial charge < -0.3 is 9.88 Å². The molecule has 0 saturated heterocycles. The van der Waals surface area contributed by atoms with Gasteiger partial charge in [0.1, 0.15) is 0 Å². The molecule has 1 N–H and O–H groups in total. The summed E-state index contributed by atoms with van der Waals surface area (Å²) in [6.07, 6.45) is 2.29. The number of aromatic nitrogens is 2.